The van der Waals surface area contributed by atoms with Gasteiger partial charge in [-0.2, -0.15) is 0 Å². The lowest BCUT2D eigenvalue weighted by atomic mass is 10.3. The van der Waals surface area contributed by atoms with Gasteiger partial charge in [0.1, 0.15) is 17.3 Å². The zero-order valence-electron chi connectivity index (χ0n) is 12.0. The summed E-state index contributed by atoms with van der Waals surface area (Å²) in [6, 6.07) is 7.55. The normalized spacial score (nSPS) is 10.0. The van der Waals surface area contributed by atoms with Crippen molar-refractivity contribution in [2.45, 2.75) is 11.7 Å². The third kappa shape index (κ3) is 4.80. The molecule has 1 aromatic carbocycles. The summed E-state index contributed by atoms with van der Waals surface area (Å²) in [7, 11) is 3.55. The first kappa shape index (κ1) is 17.6. The molecule has 0 aliphatic rings. The topological polar surface area (TPSA) is 75.2 Å². The van der Waals surface area contributed by atoms with Gasteiger partial charge in [0.2, 0.25) is 0 Å². The van der Waals surface area contributed by atoms with Crippen LogP contribution in [0.15, 0.2) is 29.4 Å². The van der Waals surface area contributed by atoms with E-state index in [0.717, 1.165) is 28.2 Å². The van der Waals surface area contributed by atoms with Crippen molar-refractivity contribution in [3.8, 4) is 11.5 Å². The van der Waals surface area contributed by atoms with E-state index in [1.807, 2.05) is 35.9 Å². The van der Waals surface area contributed by atoms with Crippen LogP contribution < -0.4 is 15.2 Å². The number of aromatic nitrogens is 3. The van der Waals surface area contributed by atoms with Crippen molar-refractivity contribution in [1.29, 1.82) is 0 Å². The number of benzene rings is 1. The van der Waals surface area contributed by atoms with Crippen molar-refractivity contribution < 1.29 is 9.47 Å². The number of methoxy groups -OCH3 is 1. The van der Waals surface area contributed by atoms with E-state index in [2.05, 4.69) is 10.2 Å². The molecule has 0 saturated carbocycles. The van der Waals surface area contributed by atoms with Crippen molar-refractivity contribution in [2.75, 3.05) is 19.5 Å². The second-order valence-electron chi connectivity index (χ2n) is 4.04. The van der Waals surface area contributed by atoms with E-state index < -0.39 is 0 Å². The number of nitrogens with zero attached hydrogens (tertiary/aromatic N) is 3. The Hall–Kier alpha value is -1.44. The van der Waals surface area contributed by atoms with Crippen molar-refractivity contribution in [3.05, 3.63) is 30.1 Å². The maximum atomic E-state index is 5.66. The molecule has 2 N–H and O–H groups in total. The predicted molar refractivity (Wildman–Crippen MR) is 85.4 cm³/mol. The maximum absolute atomic E-state index is 5.66. The molecule has 0 fully saturated rings. The van der Waals surface area contributed by atoms with Crippen LogP contribution in [0.5, 0.6) is 11.5 Å². The van der Waals surface area contributed by atoms with E-state index in [1.165, 1.54) is 0 Å². The number of nitrogens with two attached hydrogens (primary N) is 1. The lowest BCUT2D eigenvalue weighted by Gasteiger charge is -2.07. The molecule has 0 aliphatic carbocycles. The first-order chi connectivity index (χ1) is 9.74. The van der Waals surface area contributed by atoms with Crippen LogP contribution in [0.1, 0.15) is 5.82 Å². The average Bonchev–Trinajstić information content (AvgIpc) is 2.84. The molecule has 8 heteroatoms. The summed E-state index contributed by atoms with van der Waals surface area (Å²) in [5.41, 5.74) is 5.55. The summed E-state index contributed by atoms with van der Waals surface area (Å²) in [6.45, 7) is 0.979. The van der Waals surface area contributed by atoms with E-state index in [4.69, 9.17) is 15.2 Å². The minimum atomic E-state index is 0. The van der Waals surface area contributed by atoms with Crippen molar-refractivity contribution in [1.82, 2.24) is 14.8 Å². The van der Waals surface area contributed by atoms with Crippen molar-refractivity contribution in [3.63, 3.8) is 0 Å². The van der Waals surface area contributed by atoms with Crippen molar-refractivity contribution >= 4 is 24.2 Å². The molecule has 0 saturated heterocycles. The van der Waals surface area contributed by atoms with Crippen LogP contribution in [0, 0.1) is 0 Å². The van der Waals surface area contributed by atoms with Crippen LogP contribution in [0.4, 0.5) is 0 Å². The molecule has 0 bridgehead atoms. The minimum absolute atomic E-state index is 0. The smallest absolute Gasteiger partial charge is 0.191 e. The fourth-order valence-corrected chi connectivity index (χ4v) is 2.38. The lowest BCUT2D eigenvalue weighted by Crippen LogP contribution is -2.06. The Balaban J connectivity index is 0.00000220. The number of hydrogen-bond donors (Lipinski definition) is 1. The summed E-state index contributed by atoms with van der Waals surface area (Å²) in [6.07, 6.45) is 0. The molecule has 0 unspecified atom stereocenters. The monoisotopic (exact) mass is 330 g/mol. The van der Waals surface area contributed by atoms with Gasteiger partial charge in [0.25, 0.3) is 0 Å². The van der Waals surface area contributed by atoms with Gasteiger partial charge in [0, 0.05) is 18.9 Å². The molecule has 0 radical (unpaired) electrons. The second-order valence-corrected chi connectivity index (χ2v) is 5.10. The highest BCUT2D eigenvalue weighted by Gasteiger charge is 2.07. The first-order valence-electron chi connectivity index (χ1n) is 6.22. The summed E-state index contributed by atoms with van der Waals surface area (Å²) in [4.78, 5) is 0. The fraction of sp³-hybridized carbons (Fsp3) is 0.385. The third-order valence-electron chi connectivity index (χ3n) is 2.73. The van der Waals surface area contributed by atoms with Crippen molar-refractivity contribution in [2.24, 2.45) is 12.8 Å². The Morgan fingerprint density at radius 2 is 2.05 bits per heavy atom. The van der Waals surface area contributed by atoms with Crippen LogP contribution >= 0.6 is 24.2 Å². The van der Waals surface area contributed by atoms with Crippen LogP contribution in [0.3, 0.4) is 0 Å². The van der Waals surface area contributed by atoms with Gasteiger partial charge in [-0.15, -0.1) is 22.6 Å². The number of hydrogen-bond acceptors (Lipinski definition) is 6. The zero-order valence-corrected chi connectivity index (χ0v) is 13.6. The zero-order chi connectivity index (χ0) is 14.4. The fourth-order valence-electron chi connectivity index (χ4n) is 1.63. The molecular formula is C13H19ClN4O2S. The van der Waals surface area contributed by atoms with Gasteiger partial charge in [-0.1, -0.05) is 17.8 Å². The van der Waals surface area contributed by atoms with Gasteiger partial charge in [-0.05, 0) is 12.1 Å². The Labute approximate surface area is 134 Å². The second kappa shape index (κ2) is 8.76. The molecule has 1 heterocycles. The SMILES string of the molecule is COc1cccc(OCCSc2nnc(CN)n2C)c1.Cl. The highest BCUT2D eigenvalue weighted by molar-refractivity contribution is 7.99. The Bertz CT molecular complexity index is 565. The quantitative estimate of drug-likeness (QED) is 0.617. The van der Waals surface area contributed by atoms with Gasteiger partial charge >= 0.3 is 0 Å². The number of halogens is 1. The Kier molecular flexibility index (Phi) is 7.35. The van der Waals surface area contributed by atoms with Gasteiger partial charge in [0.15, 0.2) is 5.16 Å². The van der Waals surface area contributed by atoms with Crippen LogP contribution in [-0.4, -0.2) is 34.2 Å². The molecule has 6 nitrogen and oxygen atoms in total. The maximum Gasteiger partial charge on any atom is 0.191 e. The largest absolute Gasteiger partial charge is 0.497 e. The number of thioether (sulfide) groups is 1. The van der Waals surface area contributed by atoms with E-state index in [9.17, 15) is 0 Å². The number of ether oxygens (including phenoxy) is 2. The molecule has 0 atom stereocenters. The molecule has 1 aromatic heterocycles. The van der Waals surface area contributed by atoms with Gasteiger partial charge in [-0.3, -0.25) is 0 Å². The summed E-state index contributed by atoms with van der Waals surface area (Å²) >= 11 is 1.59. The molecule has 21 heavy (non-hydrogen) atoms. The van der Waals surface area contributed by atoms with Crippen LogP contribution in [0.25, 0.3) is 0 Å². The summed E-state index contributed by atoms with van der Waals surface area (Å²) in [5.74, 6) is 3.15. The molecular weight excluding hydrogens is 312 g/mol. The Morgan fingerprint density at radius 3 is 2.71 bits per heavy atom. The van der Waals surface area contributed by atoms with Gasteiger partial charge < -0.3 is 19.8 Å². The highest BCUT2D eigenvalue weighted by atomic mass is 35.5. The molecule has 0 amide bonds. The lowest BCUT2D eigenvalue weighted by molar-refractivity contribution is 0.339. The van der Waals surface area contributed by atoms with E-state index in [0.29, 0.717) is 13.2 Å². The number of rotatable bonds is 7. The minimum Gasteiger partial charge on any atom is -0.497 e. The van der Waals surface area contributed by atoms with Crippen LogP contribution in [-0.2, 0) is 13.6 Å². The average molecular weight is 331 g/mol. The summed E-state index contributed by atoms with van der Waals surface area (Å²) < 4.78 is 12.7. The Morgan fingerprint density at radius 1 is 1.29 bits per heavy atom. The third-order valence-corrected chi connectivity index (χ3v) is 3.72. The first-order valence-corrected chi connectivity index (χ1v) is 7.21. The molecule has 2 aromatic rings. The molecule has 0 spiro atoms. The van der Waals surface area contributed by atoms with Crippen LogP contribution in [0.2, 0.25) is 0 Å². The highest BCUT2D eigenvalue weighted by Crippen LogP contribution is 2.20. The van der Waals surface area contributed by atoms with E-state index in [-0.39, 0.29) is 12.4 Å². The summed E-state index contributed by atoms with van der Waals surface area (Å²) in [5, 5.41) is 8.93. The van der Waals surface area contributed by atoms with E-state index in [1.54, 1.807) is 18.9 Å². The van der Waals surface area contributed by atoms with E-state index >= 15 is 0 Å². The molecule has 0 aliphatic heterocycles. The standard InChI is InChI=1S/C13H18N4O2S.ClH/c1-17-12(9-14)15-16-13(17)20-7-6-19-11-5-3-4-10(8-11)18-2;/h3-5,8H,6-7,9,14H2,1-2H3;1H. The van der Waals surface area contributed by atoms with Gasteiger partial charge in [0.05, 0.1) is 20.3 Å². The molecule has 2 rings (SSSR count). The van der Waals surface area contributed by atoms with Gasteiger partial charge in [-0.25, -0.2) is 0 Å². The predicted octanol–water partition coefficient (Wildman–Crippen LogP) is 1.88. The molecule has 116 valence electrons.